The number of carboxylic acids is 1. The van der Waals surface area contributed by atoms with Gasteiger partial charge in [0, 0.05) is 18.7 Å². The first-order valence-electron chi connectivity index (χ1n) is 5.63. The lowest BCUT2D eigenvalue weighted by atomic mass is 10.1. The van der Waals surface area contributed by atoms with Gasteiger partial charge in [-0.2, -0.15) is 0 Å². The minimum Gasteiger partial charge on any atom is -0.478 e. The monoisotopic (exact) mass is 262 g/mol. The molecule has 1 aromatic carbocycles. The van der Waals surface area contributed by atoms with Gasteiger partial charge in [-0.1, -0.05) is 12.1 Å². The number of anilines is 1. The summed E-state index contributed by atoms with van der Waals surface area (Å²) in [5, 5.41) is 13.5. The number of carbonyl (C=O) groups excluding carboxylic acids is 2. The molecule has 3 N–H and O–H groups in total. The van der Waals surface area contributed by atoms with Crippen LogP contribution in [0.1, 0.15) is 17.3 Å². The topological polar surface area (TPSA) is 95.5 Å². The number of carboxylic acid groups (broad SMARTS) is 1. The first-order valence-corrected chi connectivity index (χ1v) is 5.63. The zero-order valence-corrected chi connectivity index (χ0v) is 10.3. The Balaban J connectivity index is 2.86. The van der Waals surface area contributed by atoms with Crippen LogP contribution in [-0.2, 0) is 9.59 Å². The van der Waals surface area contributed by atoms with Crippen LogP contribution in [0.4, 0.5) is 5.69 Å². The van der Waals surface area contributed by atoms with E-state index in [0.29, 0.717) is 17.8 Å². The van der Waals surface area contributed by atoms with Gasteiger partial charge in [-0.3, -0.25) is 9.59 Å². The van der Waals surface area contributed by atoms with Crippen LogP contribution in [0, 0.1) is 0 Å². The van der Waals surface area contributed by atoms with Gasteiger partial charge in [-0.05, 0) is 19.1 Å². The standard InChI is InChI=1S/C13H14N2O4/c1-2-14-13(19)9-5-3-4-6-10(9)15-11(16)7-8-12(17)18/h3-8H,2H2,1H3,(H,14,19)(H,15,16)(H,17,18). The molecule has 0 aromatic heterocycles. The first kappa shape index (κ1) is 14.4. The Bertz CT molecular complexity index is 523. The maximum atomic E-state index is 11.7. The van der Waals surface area contributed by atoms with Crippen LogP contribution in [0.5, 0.6) is 0 Å². The number of nitrogens with one attached hydrogen (secondary N) is 2. The van der Waals surface area contributed by atoms with Crippen molar-refractivity contribution in [3.63, 3.8) is 0 Å². The van der Waals surface area contributed by atoms with E-state index in [1.807, 2.05) is 0 Å². The summed E-state index contributed by atoms with van der Waals surface area (Å²) in [6, 6.07) is 6.48. The van der Waals surface area contributed by atoms with Crippen LogP contribution >= 0.6 is 0 Å². The molecule has 0 radical (unpaired) electrons. The maximum absolute atomic E-state index is 11.7. The Morgan fingerprint density at radius 3 is 2.53 bits per heavy atom. The number of hydrogen-bond acceptors (Lipinski definition) is 3. The van der Waals surface area contributed by atoms with Crippen LogP contribution in [-0.4, -0.2) is 29.4 Å². The molecule has 0 aliphatic carbocycles. The summed E-state index contributed by atoms with van der Waals surface area (Å²) in [6.07, 6.45) is 1.61. The van der Waals surface area contributed by atoms with E-state index in [0.717, 1.165) is 12.2 Å². The number of aliphatic carboxylic acids is 1. The molecule has 6 heteroatoms. The zero-order chi connectivity index (χ0) is 14.3. The molecule has 0 aliphatic rings. The molecule has 1 rings (SSSR count). The van der Waals surface area contributed by atoms with Gasteiger partial charge in [0.15, 0.2) is 0 Å². The highest BCUT2D eigenvalue weighted by molar-refractivity contribution is 6.07. The number of carbonyl (C=O) groups is 3. The predicted molar refractivity (Wildman–Crippen MR) is 69.9 cm³/mol. The third-order valence-electron chi connectivity index (χ3n) is 2.14. The van der Waals surface area contributed by atoms with Crippen molar-refractivity contribution in [2.24, 2.45) is 0 Å². The molecule has 0 saturated heterocycles. The molecular formula is C13H14N2O4. The fourth-order valence-corrected chi connectivity index (χ4v) is 1.37. The van der Waals surface area contributed by atoms with E-state index >= 15 is 0 Å². The van der Waals surface area contributed by atoms with Crippen LogP contribution in [0.2, 0.25) is 0 Å². The fraction of sp³-hybridized carbons (Fsp3) is 0.154. The molecule has 0 bridgehead atoms. The molecule has 2 amide bonds. The first-order chi connectivity index (χ1) is 9.04. The van der Waals surface area contributed by atoms with Gasteiger partial charge < -0.3 is 15.7 Å². The van der Waals surface area contributed by atoms with Crippen LogP contribution < -0.4 is 10.6 Å². The van der Waals surface area contributed by atoms with Gasteiger partial charge in [-0.25, -0.2) is 4.79 Å². The highest BCUT2D eigenvalue weighted by atomic mass is 16.4. The molecule has 0 fully saturated rings. The van der Waals surface area contributed by atoms with Crippen LogP contribution in [0.15, 0.2) is 36.4 Å². The van der Waals surface area contributed by atoms with E-state index in [-0.39, 0.29) is 5.91 Å². The molecule has 100 valence electrons. The second kappa shape index (κ2) is 6.95. The molecule has 0 unspecified atom stereocenters. The van der Waals surface area contributed by atoms with E-state index in [1.54, 1.807) is 31.2 Å². The van der Waals surface area contributed by atoms with Crippen molar-refractivity contribution in [3.8, 4) is 0 Å². The van der Waals surface area contributed by atoms with Crippen molar-refractivity contribution < 1.29 is 19.5 Å². The Hall–Kier alpha value is -2.63. The Labute approximate surface area is 110 Å². The minimum absolute atomic E-state index is 0.305. The predicted octanol–water partition coefficient (Wildman–Crippen LogP) is 1.02. The van der Waals surface area contributed by atoms with Crippen molar-refractivity contribution in [2.45, 2.75) is 6.92 Å². The molecule has 19 heavy (non-hydrogen) atoms. The number of hydrogen-bond donors (Lipinski definition) is 3. The Kier molecular flexibility index (Phi) is 5.28. The highest BCUT2D eigenvalue weighted by Gasteiger charge is 2.11. The lowest BCUT2D eigenvalue weighted by Crippen LogP contribution is -2.24. The van der Waals surface area contributed by atoms with Gasteiger partial charge in [0.05, 0.1) is 11.3 Å². The quantitative estimate of drug-likeness (QED) is 0.690. The normalized spacial score (nSPS) is 10.2. The van der Waals surface area contributed by atoms with Crippen molar-refractivity contribution in [1.82, 2.24) is 5.32 Å². The summed E-state index contributed by atoms with van der Waals surface area (Å²) in [7, 11) is 0. The smallest absolute Gasteiger partial charge is 0.328 e. The molecule has 1 aromatic rings. The van der Waals surface area contributed by atoms with Crippen molar-refractivity contribution in [3.05, 3.63) is 42.0 Å². The van der Waals surface area contributed by atoms with E-state index in [9.17, 15) is 14.4 Å². The molecule has 0 aliphatic heterocycles. The number of amides is 2. The van der Waals surface area contributed by atoms with E-state index < -0.39 is 11.9 Å². The van der Waals surface area contributed by atoms with E-state index in [2.05, 4.69) is 10.6 Å². The summed E-state index contributed by atoms with van der Waals surface area (Å²) in [5.41, 5.74) is 0.648. The van der Waals surface area contributed by atoms with E-state index in [4.69, 9.17) is 5.11 Å². The van der Waals surface area contributed by atoms with Crippen molar-refractivity contribution >= 4 is 23.5 Å². The van der Waals surface area contributed by atoms with Gasteiger partial charge in [0.2, 0.25) is 5.91 Å². The van der Waals surface area contributed by atoms with Gasteiger partial charge in [0.25, 0.3) is 5.91 Å². The number of benzene rings is 1. The third kappa shape index (κ3) is 4.63. The minimum atomic E-state index is -1.22. The highest BCUT2D eigenvalue weighted by Crippen LogP contribution is 2.14. The van der Waals surface area contributed by atoms with Crippen LogP contribution in [0.25, 0.3) is 0 Å². The summed E-state index contributed by atoms with van der Waals surface area (Å²) in [6.45, 7) is 2.26. The Morgan fingerprint density at radius 2 is 1.89 bits per heavy atom. The van der Waals surface area contributed by atoms with Gasteiger partial charge in [-0.15, -0.1) is 0 Å². The zero-order valence-electron chi connectivity index (χ0n) is 10.3. The lowest BCUT2D eigenvalue weighted by Gasteiger charge is -2.09. The SMILES string of the molecule is CCNC(=O)c1ccccc1NC(=O)C=CC(=O)O. The molecule has 0 saturated carbocycles. The number of rotatable bonds is 5. The summed E-state index contributed by atoms with van der Waals surface area (Å²) in [4.78, 5) is 33.5. The van der Waals surface area contributed by atoms with Gasteiger partial charge in [0.1, 0.15) is 0 Å². The molecule has 0 heterocycles. The average molecular weight is 262 g/mol. The molecular weight excluding hydrogens is 248 g/mol. The summed E-state index contributed by atoms with van der Waals surface area (Å²) < 4.78 is 0. The lowest BCUT2D eigenvalue weighted by molar-refractivity contribution is -0.131. The maximum Gasteiger partial charge on any atom is 0.328 e. The fourth-order valence-electron chi connectivity index (χ4n) is 1.37. The second-order valence-electron chi connectivity index (χ2n) is 3.57. The number of para-hydroxylation sites is 1. The Morgan fingerprint density at radius 1 is 1.21 bits per heavy atom. The van der Waals surface area contributed by atoms with Gasteiger partial charge >= 0.3 is 5.97 Å². The average Bonchev–Trinajstić information content (AvgIpc) is 2.37. The molecule has 0 atom stereocenters. The second-order valence-corrected chi connectivity index (χ2v) is 3.57. The summed E-state index contributed by atoms with van der Waals surface area (Å²) in [5.74, 6) is -2.13. The van der Waals surface area contributed by atoms with Crippen molar-refractivity contribution in [2.75, 3.05) is 11.9 Å². The summed E-state index contributed by atoms with van der Waals surface area (Å²) >= 11 is 0. The van der Waals surface area contributed by atoms with Crippen molar-refractivity contribution in [1.29, 1.82) is 0 Å². The van der Waals surface area contributed by atoms with Crippen LogP contribution in [0.3, 0.4) is 0 Å². The largest absolute Gasteiger partial charge is 0.478 e. The van der Waals surface area contributed by atoms with E-state index in [1.165, 1.54) is 0 Å². The molecule has 0 spiro atoms. The molecule has 6 nitrogen and oxygen atoms in total. The third-order valence-corrected chi connectivity index (χ3v) is 2.14.